The van der Waals surface area contributed by atoms with Crippen LogP contribution in [-0.4, -0.2) is 68.3 Å². The minimum atomic E-state index is -0.468. The summed E-state index contributed by atoms with van der Waals surface area (Å²) in [6.07, 6.45) is 7.39. The fraction of sp³-hybridized carbons (Fsp3) is 0.632. The maximum atomic E-state index is 10.8. The number of rotatable bonds is 4. The van der Waals surface area contributed by atoms with Gasteiger partial charge in [-0.1, -0.05) is 19.3 Å². The Morgan fingerprint density at radius 3 is 2.27 bits per heavy atom. The monoisotopic (exact) mass is 356 g/mol. The molecule has 0 radical (unpaired) electrons. The van der Waals surface area contributed by atoms with Gasteiger partial charge in [-0.25, -0.2) is 4.68 Å². The smallest absolute Gasteiger partial charge is 0.175 e. The van der Waals surface area contributed by atoms with Crippen LogP contribution in [-0.2, 0) is 0 Å². The molecule has 3 heterocycles. The van der Waals surface area contributed by atoms with Gasteiger partial charge in [-0.05, 0) is 38.0 Å². The Bertz CT molecular complexity index is 714. The van der Waals surface area contributed by atoms with Crippen LogP contribution >= 0.6 is 0 Å². The Morgan fingerprint density at radius 1 is 0.962 bits per heavy atom. The zero-order chi connectivity index (χ0) is 18.0. The van der Waals surface area contributed by atoms with E-state index in [1.165, 1.54) is 6.42 Å². The number of nitrogens with zero attached hydrogens (tertiary/aromatic N) is 6. The summed E-state index contributed by atoms with van der Waals surface area (Å²) in [6, 6.07) is 5.94. The molecule has 0 spiro atoms. The van der Waals surface area contributed by atoms with Gasteiger partial charge in [0.05, 0.1) is 11.3 Å². The molecule has 1 saturated carbocycles. The van der Waals surface area contributed by atoms with Gasteiger partial charge >= 0.3 is 0 Å². The minimum Gasteiger partial charge on any atom is -0.389 e. The highest BCUT2D eigenvalue weighted by molar-refractivity contribution is 5.40. The molecule has 2 fully saturated rings. The van der Waals surface area contributed by atoms with Crippen molar-refractivity contribution in [2.75, 3.05) is 37.6 Å². The topological polar surface area (TPSA) is 70.3 Å². The molecule has 2 aromatic rings. The average Bonchev–Trinajstić information content (AvgIpc) is 3.09. The standard InChI is InChI=1S/C19H28N6O/c1-16-7-10-25(22-16)18-6-5-17(20-21-18)24-13-11-23(12-14-24)15-19(26)8-3-2-4-9-19/h5-7,10,26H,2-4,8-9,11-15H2,1H3. The summed E-state index contributed by atoms with van der Waals surface area (Å²) >= 11 is 0. The van der Waals surface area contributed by atoms with Gasteiger partial charge in [0.15, 0.2) is 11.6 Å². The van der Waals surface area contributed by atoms with Gasteiger partial charge in [-0.2, -0.15) is 5.10 Å². The lowest BCUT2D eigenvalue weighted by atomic mass is 9.84. The van der Waals surface area contributed by atoms with Gasteiger partial charge in [0, 0.05) is 38.9 Å². The molecule has 7 heteroatoms. The lowest BCUT2D eigenvalue weighted by molar-refractivity contribution is -0.0271. The molecule has 4 rings (SSSR count). The summed E-state index contributed by atoms with van der Waals surface area (Å²) in [5.74, 6) is 1.65. The summed E-state index contributed by atoms with van der Waals surface area (Å²) < 4.78 is 1.74. The van der Waals surface area contributed by atoms with Crippen LogP contribution in [0.1, 0.15) is 37.8 Å². The number of aliphatic hydroxyl groups is 1. The second-order valence-corrected chi connectivity index (χ2v) is 7.70. The first kappa shape index (κ1) is 17.4. The molecule has 140 valence electrons. The molecule has 1 aliphatic carbocycles. The zero-order valence-corrected chi connectivity index (χ0v) is 15.5. The second-order valence-electron chi connectivity index (χ2n) is 7.70. The number of β-amino-alcohol motifs (C(OH)–C–C–N with tert-alkyl or cyclic N) is 1. The van der Waals surface area contributed by atoms with Crippen LogP contribution in [0.15, 0.2) is 24.4 Å². The normalized spacial score (nSPS) is 21.1. The van der Waals surface area contributed by atoms with Crippen LogP contribution in [0.2, 0.25) is 0 Å². The van der Waals surface area contributed by atoms with Crippen LogP contribution in [0.5, 0.6) is 0 Å². The van der Waals surface area contributed by atoms with E-state index in [2.05, 4.69) is 25.1 Å². The highest BCUT2D eigenvalue weighted by Gasteiger charge is 2.32. The summed E-state index contributed by atoms with van der Waals surface area (Å²) in [5.41, 5.74) is 0.496. The van der Waals surface area contributed by atoms with Crippen molar-refractivity contribution in [2.45, 2.75) is 44.6 Å². The van der Waals surface area contributed by atoms with E-state index in [-0.39, 0.29) is 0 Å². The van der Waals surface area contributed by atoms with Crippen LogP contribution < -0.4 is 4.90 Å². The predicted octanol–water partition coefficient (Wildman–Crippen LogP) is 1.79. The Kier molecular flexibility index (Phi) is 4.91. The lowest BCUT2D eigenvalue weighted by Gasteiger charge is -2.41. The maximum Gasteiger partial charge on any atom is 0.175 e. The SMILES string of the molecule is Cc1ccn(-c2ccc(N3CCN(CC4(O)CCCCC4)CC3)nn2)n1. The molecular formula is C19H28N6O. The van der Waals surface area contributed by atoms with Crippen molar-refractivity contribution in [1.82, 2.24) is 24.9 Å². The fourth-order valence-electron chi connectivity index (χ4n) is 4.07. The van der Waals surface area contributed by atoms with Crippen molar-refractivity contribution in [2.24, 2.45) is 0 Å². The summed E-state index contributed by atoms with van der Waals surface area (Å²) in [5, 5.41) is 23.8. The Morgan fingerprint density at radius 2 is 1.65 bits per heavy atom. The number of hydrogen-bond donors (Lipinski definition) is 1. The summed E-state index contributed by atoms with van der Waals surface area (Å²) in [6.45, 7) is 6.54. The van der Waals surface area contributed by atoms with Gasteiger partial charge in [0.1, 0.15) is 0 Å². The zero-order valence-electron chi connectivity index (χ0n) is 15.5. The van der Waals surface area contributed by atoms with E-state index in [1.54, 1.807) is 4.68 Å². The van der Waals surface area contributed by atoms with Crippen molar-refractivity contribution in [3.8, 4) is 5.82 Å². The van der Waals surface area contributed by atoms with Crippen molar-refractivity contribution in [1.29, 1.82) is 0 Å². The van der Waals surface area contributed by atoms with E-state index < -0.39 is 5.60 Å². The molecular weight excluding hydrogens is 328 g/mol. The third kappa shape index (κ3) is 3.88. The highest BCUT2D eigenvalue weighted by atomic mass is 16.3. The van der Waals surface area contributed by atoms with Crippen molar-refractivity contribution in [3.05, 3.63) is 30.1 Å². The molecule has 2 aliphatic rings. The molecule has 1 saturated heterocycles. The third-order valence-corrected chi connectivity index (χ3v) is 5.59. The van der Waals surface area contributed by atoms with Crippen LogP contribution in [0.25, 0.3) is 5.82 Å². The van der Waals surface area contributed by atoms with Crippen molar-refractivity contribution in [3.63, 3.8) is 0 Å². The van der Waals surface area contributed by atoms with Crippen LogP contribution in [0.3, 0.4) is 0 Å². The molecule has 2 aromatic heterocycles. The van der Waals surface area contributed by atoms with Gasteiger partial charge in [0.25, 0.3) is 0 Å². The van der Waals surface area contributed by atoms with E-state index in [4.69, 9.17) is 0 Å². The van der Waals surface area contributed by atoms with E-state index in [1.807, 2.05) is 31.3 Å². The molecule has 0 amide bonds. The maximum absolute atomic E-state index is 10.8. The lowest BCUT2D eigenvalue weighted by Crippen LogP contribution is -2.52. The van der Waals surface area contributed by atoms with E-state index in [0.29, 0.717) is 0 Å². The predicted molar refractivity (Wildman–Crippen MR) is 101 cm³/mol. The Labute approximate surface area is 154 Å². The van der Waals surface area contributed by atoms with E-state index >= 15 is 0 Å². The Balaban J connectivity index is 1.33. The van der Waals surface area contributed by atoms with E-state index in [0.717, 1.165) is 75.7 Å². The Hall–Kier alpha value is -1.99. The van der Waals surface area contributed by atoms with Gasteiger partial charge in [-0.15, -0.1) is 10.2 Å². The second kappa shape index (κ2) is 7.32. The molecule has 7 nitrogen and oxygen atoms in total. The summed E-state index contributed by atoms with van der Waals surface area (Å²) in [7, 11) is 0. The molecule has 0 atom stereocenters. The molecule has 0 unspecified atom stereocenters. The van der Waals surface area contributed by atoms with Crippen LogP contribution in [0.4, 0.5) is 5.82 Å². The number of aryl methyl sites for hydroxylation is 1. The molecule has 1 aliphatic heterocycles. The average molecular weight is 356 g/mol. The van der Waals surface area contributed by atoms with E-state index in [9.17, 15) is 5.11 Å². The largest absolute Gasteiger partial charge is 0.389 e. The van der Waals surface area contributed by atoms with Crippen molar-refractivity contribution < 1.29 is 5.11 Å². The molecule has 26 heavy (non-hydrogen) atoms. The molecule has 0 aromatic carbocycles. The fourth-order valence-corrected chi connectivity index (χ4v) is 4.07. The quantitative estimate of drug-likeness (QED) is 0.901. The van der Waals surface area contributed by atoms with Crippen LogP contribution in [0, 0.1) is 6.92 Å². The first-order chi connectivity index (χ1) is 12.6. The number of aromatic nitrogens is 4. The first-order valence-corrected chi connectivity index (χ1v) is 9.67. The minimum absolute atomic E-state index is 0.468. The number of hydrogen-bond acceptors (Lipinski definition) is 6. The van der Waals surface area contributed by atoms with Gasteiger partial charge < -0.3 is 10.0 Å². The number of piperazine rings is 1. The first-order valence-electron chi connectivity index (χ1n) is 9.67. The van der Waals surface area contributed by atoms with Gasteiger partial charge in [0.2, 0.25) is 0 Å². The molecule has 0 bridgehead atoms. The highest BCUT2D eigenvalue weighted by Crippen LogP contribution is 2.29. The third-order valence-electron chi connectivity index (χ3n) is 5.59. The number of anilines is 1. The van der Waals surface area contributed by atoms with Crippen molar-refractivity contribution >= 4 is 5.82 Å². The van der Waals surface area contributed by atoms with Gasteiger partial charge in [-0.3, -0.25) is 4.90 Å². The summed E-state index contributed by atoms with van der Waals surface area (Å²) in [4.78, 5) is 4.67. The molecule has 1 N–H and O–H groups in total.